The molecular weight excluding hydrogens is 262 g/mol. The topological polar surface area (TPSA) is 48.3 Å². The molecule has 2 unspecified atom stereocenters. The van der Waals surface area contributed by atoms with Crippen LogP contribution in [0.15, 0.2) is 18.2 Å². The van der Waals surface area contributed by atoms with Crippen molar-refractivity contribution in [1.29, 1.82) is 5.26 Å². The Balaban J connectivity index is 1.85. The largest absolute Gasteiger partial charge is 0.496 e. The molecule has 3 rings (SSSR count). The molecule has 2 heterocycles. The van der Waals surface area contributed by atoms with Crippen LogP contribution < -0.4 is 10.1 Å². The molecule has 4 nitrogen and oxygen atoms in total. The zero-order valence-corrected chi connectivity index (χ0v) is 13.0. The van der Waals surface area contributed by atoms with Crippen molar-refractivity contribution >= 4 is 0 Å². The summed E-state index contributed by atoms with van der Waals surface area (Å²) in [5.74, 6) is 2.33. The lowest BCUT2D eigenvalue weighted by Gasteiger charge is -2.36. The van der Waals surface area contributed by atoms with Crippen molar-refractivity contribution in [3.63, 3.8) is 0 Å². The van der Waals surface area contributed by atoms with Crippen LogP contribution in [-0.4, -0.2) is 37.2 Å². The number of nitriles is 1. The lowest BCUT2D eigenvalue weighted by Crippen LogP contribution is -2.43. The fraction of sp³-hybridized carbons (Fsp3) is 0.588. The molecule has 0 aliphatic carbocycles. The fourth-order valence-electron chi connectivity index (χ4n) is 3.95. The first kappa shape index (κ1) is 14.4. The first-order chi connectivity index (χ1) is 10.1. The highest BCUT2D eigenvalue weighted by Crippen LogP contribution is 2.41. The minimum absolute atomic E-state index is 0.182. The number of hydrogen-bond donors (Lipinski definition) is 1. The van der Waals surface area contributed by atoms with Gasteiger partial charge in [-0.15, -0.1) is 0 Å². The second kappa shape index (κ2) is 5.32. The van der Waals surface area contributed by atoms with Crippen LogP contribution in [0.4, 0.5) is 0 Å². The standard InChI is InChI=1S/C17H23N3O/c1-17(2)15-9-19-8-14(15)11-20(17)10-13-6-12(7-18)4-5-16(13)21-3/h4-6,14-15,19H,8-11H2,1-3H3. The second-order valence-electron chi connectivity index (χ2n) is 6.70. The van der Waals surface area contributed by atoms with Crippen molar-refractivity contribution < 1.29 is 4.74 Å². The van der Waals surface area contributed by atoms with Gasteiger partial charge in [0, 0.05) is 30.7 Å². The normalized spacial score (nSPS) is 27.3. The number of benzene rings is 1. The van der Waals surface area contributed by atoms with E-state index >= 15 is 0 Å². The van der Waals surface area contributed by atoms with Crippen molar-refractivity contribution in [1.82, 2.24) is 10.2 Å². The molecule has 1 aromatic carbocycles. The van der Waals surface area contributed by atoms with Crippen molar-refractivity contribution in [3.8, 4) is 11.8 Å². The number of likely N-dealkylation sites (tertiary alicyclic amines) is 1. The van der Waals surface area contributed by atoms with Gasteiger partial charge in [0.15, 0.2) is 0 Å². The molecule has 2 aliphatic heterocycles. The van der Waals surface area contributed by atoms with Crippen LogP contribution in [0.3, 0.4) is 0 Å². The summed E-state index contributed by atoms with van der Waals surface area (Å²) in [6.45, 7) is 8.88. The third-order valence-corrected chi connectivity index (χ3v) is 5.29. The first-order valence-electron chi connectivity index (χ1n) is 7.59. The zero-order chi connectivity index (χ0) is 15.0. The monoisotopic (exact) mass is 285 g/mol. The van der Waals surface area contributed by atoms with Gasteiger partial charge in [0.1, 0.15) is 5.75 Å². The molecule has 0 bridgehead atoms. The van der Waals surface area contributed by atoms with Crippen LogP contribution in [0.2, 0.25) is 0 Å². The zero-order valence-electron chi connectivity index (χ0n) is 13.0. The molecule has 0 radical (unpaired) electrons. The van der Waals surface area contributed by atoms with Gasteiger partial charge in [0.2, 0.25) is 0 Å². The summed E-state index contributed by atoms with van der Waals surface area (Å²) >= 11 is 0. The van der Waals surface area contributed by atoms with Gasteiger partial charge >= 0.3 is 0 Å². The summed E-state index contributed by atoms with van der Waals surface area (Å²) in [5.41, 5.74) is 1.99. The maximum Gasteiger partial charge on any atom is 0.123 e. The smallest absolute Gasteiger partial charge is 0.123 e. The molecule has 112 valence electrons. The highest BCUT2D eigenvalue weighted by atomic mass is 16.5. The number of fused-ring (bicyclic) bond motifs is 1. The molecule has 4 heteroatoms. The van der Waals surface area contributed by atoms with E-state index in [-0.39, 0.29) is 5.54 Å². The van der Waals surface area contributed by atoms with Gasteiger partial charge < -0.3 is 10.1 Å². The SMILES string of the molecule is COc1ccc(C#N)cc1CN1CC2CNCC2C1(C)C. The second-order valence-corrected chi connectivity index (χ2v) is 6.70. The molecule has 2 fully saturated rings. The summed E-state index contributed by atoms with van der Waals surface area (Å²) in [4.78, 5) is 2.54. The lowest BCUT2D eigenvalue weighted by molar-refractivity contribution is 0.131. The average Bonchev–Trinajstić information content (AvgIpc) is 3.02. The van der Waals surface area contributed by atoms with Crippen LogP contribution in [0.5, 0.6) is 5.75 Å². The van der Waals surface area contributed by atoms with E-state index in [0.29, 0.717) is 11.5 Å². The van der Waals surface area contributed by atoms with Gasteiger partial charge in [-0.05, 0) is 50.4 Å². The van der Waals surface area contributed by atoms with Crippen molar-refractivity contribution in [2.75, 3.05) is 26.7 Å². The van der Waals surface area contributed by atoms with E-state index in [2.05, 4.69) is 30.1 Å². The van der Waals surface area contributed by atoms with E-state index < -0.39 is 0 Å². The first-order valence-corrected chi connectivity index (χ1v) is 7.59. The van der Waals surface area contributed by atoms with Crippen LogP contribution in [0.25, 0.3) is 0 Å². The Morgan fingerprint density at radius 2 is 2.24 bits per heavy atom. The predicted molar refractivity (Wildman–Crippen MR) is 82.0 cm³/mol. The minimum atomic E-state index is 0.182. The van der Waals surface area contributed by atoms with Crippen LogP contribution in [0.1, 0.15) is 25.0 Å². The summed E-state index contributed by atoms with van der Waals surface area (Å²) in [6.07, 6.45) is 0. The molecular formula is C17H23N3O. The van der Waals surface area contributed by atoms with Gasteiger partial charge in [0.25, 0.3) is 0 Å². The molecule has 1 N–H and O–H groups in total. The Bertz CT molecular complexity index is 576. The highest BCUT2D eigenvalue weighted by Gasteiger charge is 2.49. The number of hydrogen-bond acceptors (Lipinski definition) is 4. The van der Waals surface area contributed by atoms with Crippen molar-refractivity contribution in [2.45, 2.75) is 25.9 Å². The summed E-state index contributed by atoms with van der Waals surface area (Å²) in [7, 11) is 1.69. The Labute approximate surface area is 126 Å². The molecule has 0 saturated carbocycles. The van der Waals surface area contributed by atoms with E-state index in [1.165, 1.54) is 0 Å². The molecule has 1 aromatic rings. The maximum absolute atomic E-state index is 9.11. The highest BCUT2D eigenvalue weighted by molar-refractivity contribution is 5.42. The molecule has 0 amide bonds. The quantitative estimate of drug-likeness (QED) is 0.923. The minimum Gasteiger partial charge on any atom is -0.496 e. The van der Waals surface area contributed by atoms with E-state index in [9.17, 15) is 0 Å². The van der Waals surface area contributed by atoms with Gasteiger partial charge in [-0.25, -0.2) is 0 Å². The predicted octanol–water partition coefficient (Wildman–Crippen LogP) is 2.00. The van der Waals surface area contributed by atoms with Crippen LogP contribution in [-0.2, 0) is 6.54 Å². The van der Waals surface area contributed by atoms with Crippen LogP contribution in [0, 0.1) is 23.2 Å². The number of nitrogens with one attached hydrogen (secondary N) is 1. The van der Waals surface area contributed by atoms with E-state index in [0.717, 1.165) is 43.4 Å². The number of nitrogens with zero attached hydrogens (tertiary/aromatic N) is 2. The number of methoxy groups -OCH3 is 1. The third kappa shape index (κ3) is 2.41. The molecule has 2 atom stereocenters. The Kier molecular flexibility index (Phi) is 3.64. The Morgan fingerprint density at radius 3 is 2.90 bits per heavy atom. The van der Waals surface area contributed by atoms with E-state index in [1.54, 1.807) is 7.11 Å². The van der Waals surface area contributed by atoms with Crippen LogP contribution >= 0.6 is 0 Å². The maximum atomic E-state index is 9.11. The summed E-state index contributed by atoms with van der Waals surface area (Å²) in [6, 6.07) is 7.90. The Morgan fingerprint density at radius 1 is 1.43 bits per heavy atom. The molecule has 0 aromatic heterocycles. The summed E-state index contributed by atoms with van der Waals surface area (Å²) < 4.78 is 5.47. The average molecular weight is 285 g/mol. The van der Waals surface area contributed by atoms with Crippen molar-refractivity contribution in [2.24, 2.45) is 11.8 Å². The third-order valence-electron chi connectivity index (χ3n) is 5.29. The van der Waals surface area contributed by atoms with Gasteiger partial charge in [0.05, 0.1) is 18.7 Å². The lowest BCUT2D eigenvalue weighted by atomic mass is 9.85. The molecule has 2 aliphatic rings. The molecule has 2 saturated heterocycles. The molecule has 21 heavy (non-hydrogen) atoms. The number of rotatable bonds is 3. The van der Waals surface area contributed by atoms with Gasteiger partial charge in [-0.3, -0.25) is 4.90 Å². The fourth-order valence-corrected chi connectivity index (χ4v) is 3.95. The summed E-state index contributed by atoms with van der Waals surface area (Å²) in [5, 5.41) is 12.6. The van der Waals surface area contributed by atoms with Gasteiger partial charge in [-0.2, -0.15) is 5.26 Å². The van der Waals surface area contributed by atoms with Crippen molar-refractivity contribution in [3.05, 3.63) is 29.3 Å². The Hall–Kier alpha value is -1.57. The molecule has 0 spiro atoms. The van der Waals surface area contributed by atoms with E-state index in [4.69, 9.17) is 10.00 Å². The number of ether oxygens (including phenoxy) is 1. The van der Waals surface area contributed by atoms with E-state index in [1.807, 2.05) is 18.2 Å². The van der Waals surface area contributed by atoms with Gasteiger partial charge in [-0.1, -0.05) is 0 Å².